The molecule has 1 heterocycles. The Bertz CT molecular complexity index is 1080. The van der Waals surface area contributed by atoms with Crippen molar-refractivity contribution in [2.45, 2.75) is 23.5 Å². The van der Waals surface area contributed by atoms with E-state index in [4.69, 9.17) is 0 Å². The predicted molar refractivity (Wildman–Crippen MR) is 119 cm³/mol. The maximum atomic E-state index is 13.1. The third kappa shape index (κ3) is 4.80. The Morgan fingerprint density at radius 1 is 1.20 bits per heavy atom. The first-order valence-electron chi connectivity index (χ1n) is 9.15. The molecule has 1 aliphatic heterocycles. The first-order valence-corrected chi connectivity index (χ1v) is 11.5. The van der Waals surface area contributed by atoms with Gasteiger partial charge in [-0.05, 0) is 31.2 Å². The smallest absolute Gasteiger partial charge is 0.272 e. The first-order chi connectivity index (χ1) is 14.3. The van der Waals surface area contributed by atoms with E-state index in [2.05, 4.69) is 16.9 Å². The van der Waals surface area contributed by atoms with E-state index in [-0.39, 0.29) is 28.9 Å². The third-order valence-corrected chi connectivity index (χ3v) is 7.23. The number of benzene rings is 2. The van der Waals surface area contributed by atoms with Crippen LogP contribution in [0.5, 0.6) is 0 Å². The second-order valence-electron chi connectivity index (χ2n) is 6.56. The molecule has 7 nitrogen and oxygen atoms in total. The Hall–Kier alpha value is -2.91. The van der Waals surface area contributed by atoms with Gasteiger partial charge in [-0.1, -0.05) is 53.7 Å². The highest BCUT2D eigenvalue weighted by molar-refractivity contribution is 8.17. The van der Waals surface area contributed by atoms with Gasteiger partial charge >= 0.3 is 0 Å². The van der Waals surface area contributed by atoms with Gasteiger partial charge in [-0.15, -0.1) is 6.58 Å². The van der Waals surface area contributed by atoms with Crippen molar-refractivity contribution in [3.63, 3.8) is 0 Å². The quantitative estimate of drug-likeness (QED) is 0.663. The standard InChI is InChI=1S/C21H21N3O4S2/c1-3-13-22-21-24(30(27,28)17-11-9-15(2)10-12-17)20(26)18(29-21)14-19(25)23-16-7-5-4-6-8-16/h3-12,18H,1,13-14H2,2H3,(H,23,25). The van der Waals surface area contributed by atoms with E-state index in [1.807, 2.05) is 13.0 Å². The molecule has 3 rings (SSSR count). The first kappa shape index (κ1) is 21.8. The number of thioether (sulfide) groups is 1. The summed E-state index contributed by atoms with van der Waals surface area (Å²) in [7, 11) is -4.15. The second-order valence-corrected chi connectivity index (χ2v) is 9.51. The van der Waals surface area contributed by atoms with Crippen LogP contribution in [-0.4, -0.2) is 41.5 Å². The summed E-state index contributed by atoms with van der Waals surface area (Å²) in [5.41, 5.74) is 1.50. The molecule has 2 aromatic rings. The number of carbonyl (C=O) groups is 2. The largest absolute Gasteiger partial charge is 0.326 e. The summed E-state index contributed by atoms with van der Waals surface area (Å²) in [6.45, 7) is 5.57. The van der Waals surface area contributed by atoms with Crippen LogP contribution in [0.2, 0.25) is 0 Å². The van der Waals surface area contributed by atoms with Crippen molar-refractivity contribution in [2.75, 3.05) is 11.9 Å². The summed E-state index contributed by atoms with van der Waals surface area (Å²) in [5.74, 6) is -1.07. The monoisotopic (exact) mass is 443 g/mol. The van der Waals surface area contributed by atoms with Gasteiger partial charge in [-0.2, -0.15) is 4.31 Å². The zero-order valence-electron chi connectivity index (χ0n) is 16.3. The van der Waals surface area contributed by atoms with E-state index >= 15 is 0 Å². The van der Waals surface area contributed by atoms with Crippen molar-refractivity contribution in [1.29, 1.82) is 0 Å². The summed E-state index contributed by atoms with van der Waals surface area (Å²) in [4.78, 5) is 29.6. The van der Waals surface area contributed by atoms with Gasteiger partial charge in [0.05, 0.1) is 11.4 Å². The van der Waals surface area contributed by atoms with E-state index in [0.717, 1.165) is 17.3 Å². The van der Waals surface area contributed by atoms with Gasteiger partial charge in [0.15, 0.2) is 5.17 Å². The number of hydrogen-bond donors (Lipinski definition) is 1. The maximum absolute atomic E-state index is 13.1. The van der Waals surface area contributed by atoms with Crippen LogP contribution in [0.15, 0.2) is 77.1 Å². The summed E-state index contributed by atoms with van der Waals surface area (Å²) >= 11 is 0.969. The fourth-order valence-electron chi connectivity index (χ4n) is 2.76. The Morgan fingerprint density at radius 2 is 1.87 bits per heavy atom. The van der Waals surface area contributed by atoms with Gasteiger partial charge < -0.3 is 5.32 Å². The molecule has 0 aliphatic carbocycles. The molecule has 0 spiro atoms. The normalized spacial score (nSPS) is 17.9. The molecule has 2 amide bonds. The Kier molecular flexibility index (Phi) is 6.73. The topological polar surface area (TPSA) is 95.9 Å². The fourth-order valence-corrected chi connectivity index (χ4v) is 5.60. The van der Waals surface area contributed by atoms with Crippen LogP contribution in [-0.2, 0) is 19.6 Å². The maximum Gasteiger partial charge on any atom is 0.272 e. The van der Waals surface area contributed by atoms with E-state index < -0.39 is 21.2 Å². The molecule has 30 heavy (non-hydrogen) atoms. The molecule has 1 aliphatic rings. The minimum atomic E-state index is -4.15. The van der Waals surface area contributed by atoms with Crippen LogP contribution in [0.25, 0.3) is 0 Å². The highest BCUT2D eigenvalue weighted by atomic mass is 32.2. The van der Waals surface area contributed by atoms with Gasteiger partial charge in [0.2, 0.25) is 5.91 Å². The lowest BCUT2D eigenvalue weighted by atomic mass is 10.2. The highest BCUT2D eigenvalue weighted by Crippen LogP contribution is 2.34. The zero-order chi connectivity index (χ0) is 21.7. The van der Waals surface area contributed by atoms with Gasteiger partial charge in [-0.3, -0.25) is 14.6 Å². The number of hydrogen-bond acceptors (Lipinski definition) is 6. The number of amides is 2. The SMILES string of the molecule is C=CCN=C1SC(CC(=O)Nc2ccccc2)C(=O)N1S(=O)(=O)c1ccc(C)cc1. The Balaban J connectivity index is 1.85. The molecule has 156 valence electrons. The number of rotatable bonds is 7. The predicted octanol–water partition coefficient (Wildman–Crippen LogP) is 3.20. The third-order valence-electron chi connectivity index (χ3n) is 4.24. The van der Waals surface area contributed by atoms with E-state index in [1.165, 1.54) is 18.2 Å². The number of amidine groups is 1. The van der Waals surface area contributed by atoms with Crippen molar-refractivity contribution in [3.8, 4) is 0 Å². The molecule has 0 saturated carbocycles. The molecular weight excluding hydrogens is 422 g/mol. The van der Waals surface area contributed by atoms with Gasteiger partial charge in [0, 0.05) is 12.1 Å². The molecule has 1 unspecified atom stereocenters. The van der Waals surface area contributed by atoms with Crippen LogP contribution >= 0.6 is 11.8 Å². The average molecular weight is 444 g/mol. The summed E-state index contributed by atoms with van der Waals surface area (Å²) in [5, 5.41) is 1.86. The lowest BCUT2D eigenvalue weighted by molar-refractivity contribution is -0.125. The molecular formula is C21H21N3O4S2. The summed E-state index contributed by atoms with van der Waals surface area (Å²) in [6, 6.07) is 15.0. The molecule has 2 aromatic carbocycles. The minimum Gasteiger partial charge on any atom is -0.326 e. The summed E-state index contributed by atoms with van der Waals surface area (Å²) in [6.07, 6.45) is 1.33. The van der Waals surface area contributed by atoms with Crippen molar-refractivity contribution in [1.82, 2.24) is 4.31 Å². The average Bonchev–Trinajstić information content (AvgIpc) is 3.03. The number of sulfonamides is 1. The lowest BCUT2D eigenvalue weighted by Gasteiger charge is -2.17. The molecule has 1 saturated heterocycles. The second kappa shape index (κ2) is 9.27. The molecule has 9 heteroatoms. The van der Waals surface area contributed by atoms with Gasteiger partial charge in [0.1, 0.15) is 5.25 Å². The van der Waals surface area contributed by atoms with Crippen molar-refractivity contribution in [2.24, 2.45) is 4.99 Å². The lowest BCUT2D eigenvalue weighted by Crippen LogP contribution is -2.38. The van der Waals surface area contributed by atoms with Crippen molar-refractivity contribution in [3.05, 3.63) is 72.8 Å². The molecule has 1 fully saturated rings. The molecule has 0 aromatic heterocycles. The minimum absolute atomic E-state index is 0.0114. The molecule has 0 radical (unpaired) electrons. The van der Waals surface area contributed by atoms with Crippen LogP contribution in [0.4, 0.5) is 5.69 Å². The van der Waals surface area contributed by atoms with E-state index in [9.17, 15) is 18.0 Å². The molecule has 1 atom stereocenters. The Morgan fingerprint density at radius 3 is 2.50 bits per heavy atom. The number of para-hydroxylation sites is 1. The highest BCUT2D eigenvalue weighted by Gasteiger charge is 2.46. The number of nitrogens with one attached hydrogen (secondary N) is 1. The number of anilines is 1. The number of aryl methyl sites for hydroxylation is 1. The molecule has 1 N–H and O–H groups in total. The van der Waals surface area contributed by atoms with Crippen LogP contribution in [0.3, 0.4) is 0 Å². The van der Waals surface area contributed by atoms with Crippen molar-refractivity contribution < 1.29 is 18.0 Å². The van der Waals surface area contributed by atoms with E-state index in [0.29, 0.717) is 9.99 Å². The van der Waals surface area contributed by atoms with Crippen LogP contribution < -0.4 is 5.32 Å². The Labute approximate surface area is 179 Å². The number of carbonyl (C=O) groups excluding carboxylic acids is 2. The van der Waals surface area contributed by atoms with Crippen molar-refractivity contribution >= 4 is 44.5 Å². The van der Waals surface area contributed by atoms with E-state index in [1.54, 1.807) is 36.4 Å². The molecule has 0 bridgehead atoms. The fraction of sp³-hybridized carbons (Fsp3) is 0.190. The van der Waals surface area contributed by atoms with Gasteiger partial charge in [-0.25, -0.2) is 8.42 Å². The van der Waals surface area contributed by atoms with Crippen LogP contribution in [0.1, 0.15) is 12.0 Å². The number of nitrogens with zero attached hydrogens (tertiary/aromatic N) is 2. The zero-order valence-corrected chi connectivity index (χ0v) is 17.9. The summed E-state index contributed by atoms with van der Waals surface area (Å²) < 4.78 is 27.0. The van der Waals surface area contributed by atoms with Gasteiger partial charge in [0.25, 0.3) is 15.9 Å². The van der Waals surface area contributed by atoms with Crippen LogP contribution in [0, 0.1) is 6.92 Å². The number of aliphatic imine (C=N–C) groups is 1.